The average molecular weight is 1870 g/mol. The number of likely N-dealkylation sites (tertiary alicyclic amines) is 2. The van der Waals surface area contributed by atoms with Gasteiger partial charge in [0.1, 0.15) is 12.6 Å². The minimum atomic E-state index is -0.816. The van der Waals surface area contributed by atoms with Crippen LogP contribution in [0.3, 0.4) is 0 Å². The molecule has 42 heteroatoms. The van der Waals surface area contributed by atoms with E-state index in [1.54, 1.807) is 21.1 Å². The average Bonchev–Trinajstić information content (AvgIpc) is 1.64. The van der Waals surface area contributed by atoms with Crippen LogP contribution in [0, 0.1) is 47.3 Å². The zero-order valence-corrected chi connectivity index (χ0v) is 80.7. The quantitative estimate of drug-likeness (QED) is 0.0214. The van der Waals surface area contributed by atoms with Crippen molar-refractivity contribution < 1.29 is 140 Å². The lowest BCUT2D eigenvalue weighted by atomic mass is 9.96. The van der Waals surface area contributed by atoms with Crippen LogP contribution in [0.5, 0.6) is 0 Å². The van der Waals surface area contributed by atoms with E-state index in [1.807, 2.05) is 55.6 Å². The van der Waals surface area contributed by atoms with Gasteiger partial charge in [-0.15, -0.1) is 0 Å². The molecule has 0 spiro atoms. The lowest BCUT2D eigenvalue weighted by Crippen LogP contribution is -2.52. The molecule has 2 aliphatic heterocycles. The lowest BCUT2D eigenvalue weighted by molar-refractivity contribution is -0.143. The molecule has 0 aromatic rings. The molecule has 2 heterocycles. The van der Waals surface area contributed by atoms with Crippen LogP contribution in [0.1, 0.15) is 208 Å². The smallest absolute Gasteiger partial charge is 0.308 e. The second kappa shape index (κ2) is 69.4. The lowest BCUT2D eigenvalue weighted by Gasteiger charge is -2.32. The molecule has 0 radical (unpaired) electrons. The van der Waals surface area contributed by atoms with Crippen molar-refractivity contribution in [3.63, 3.8) is 0 Å². The van der Waals surface area contributed by atoms with Gasteiger partial charge in [0.15, 0.2) is 0 Å². The van der Waals surface area contributed by atoms with Crippen molar-refractivity contribution >= 4 is 108 Å². The first kappa shape index (κ1) is 122. The number of rotatable bonds is 43. The number of likely N-dealkylation sites (N-methyl/N-ethyl adjacent to an activating group) is 5. The number of methoxy groups -OCH3 is 8. The van der Waals surface area contributed by atoms with Crippen molar-refractivity contribution in [1.29, 1.82) is 0 Å². The van der Waals surface area contributed by atoms with Gasteiger partial charge in [-0.2, -0.15) is 0 Å². The number of nitrogens with one attached hydrogen (secondary N) is 11. The Hall–Kier alpha value is -9.46. The van der Waals surface area contributed by atoms with Crippen LogP contribution in [0.15, 0.2) is 0 Å². The van der Waals surface area contributed by atoms with Crippen LogP contribution in [0.25, 0.3) is 0 Å². The number of ether oxygens (including phenoxy) is 8. The van der Waals surface area contributed by atoms with Crippen LogP contribution >= 0.6 is 0 Å². The van der Waals surface area contributed by atoms with Gasteiger partial charge in [-0.1, -0.05) is 80.1 Å². The standard InChI is InChI=1S/C15H26N2O3.C13H22N2O4.C13H23NO3.C11H19NO4.C11H17NO4.C10H20N2O3.C8H16N2O4.C8H14N2O4/c1-9(2)12(8-13(18)20-4)16-15(19)14-10-5-6-11(7-10)17(14)3;1-15-10-4-3-8(5-10)12(15)13(18)14-9(7-16)6-11(17)19-2;1-9(2)11(8-12(15)17-3)14-13(16)10-6-4-5-7-10;2*1-16-10(14)6-9(7-13)12-11(15)8-4-2-3-5-8;1-7(2)8(5-10(14)15-4)12-9(13)6-11-3;2*1-9-4-7(12)10-6(5-11)3-8(13)14-2/h9-12,14H,5-8H2,1-4H3,(H,16,19);8-10,12,16H,3-7H2,1-2H3,(H,14,18);9-11H,4-8H2,1-3H3,(H,14,16);8-9,13H,2-7H2,1H3,(H,12,15);7-9H,2-6H2,1H3,(H,12,15);7-8,11H,5-6H2,1-4H3,(H,12,13);6,9,11H,3-5H2,1-2H3,(H,10,12);5-6,9H,3-4H2,1-2H3,(H,10,12)/t10-,11+,12?,14?;8-,9?,10+,12?;;;;;;/m00....../s1. The highest BCUT2D eigenvalue weighted by molar-refractivity contribution is 5.87. The highest BCUT2D eigenvalue weighted by atomic mass is 16.5. The van der Waals surface area contributed by atoms with E-state index >= 15 is 0 Å². The highest BCUT2D eigenvalue weighted by Gasteiger charge is 2.49. The van der Waals surface area contributed by atoms with E-state index in [0.29, 0.717) is 36.5 Å². The van der Waals surface area contributed by atoms with Gasteiger partial charge in [-0.05, 0) is 142 Å². The Morgan fingerprint density at radius 1 is 0.313 bits per heavy atom. The van der Waals surface area contributed by atoms with Gasteiger partial charge >= 0.3 is 47.8 Å². The van der Waals surface area contributed by atoms with Gasteiger partial charge in [0.2, 0.25) is 47.3 Å². The molecule has 7 fully saturated rings. The largest absolute Gasteiger partial charge is 0.469 e. The fourth-order valence-electron chi connectivity index (χ4n) is 15.8. The van der Waals surface area contributed by atoms with E-state index in [2.05, 4.69) is 101 Å². The van der Waals surface area contributed by atoms with Gasteiger partial charge in [0.05, 0.1) is 190 Å². The number of piperidine rings is 2. The molecular formula is C89H157N13O29. The Kier molecular flexibility index (Phi) is 64.4. The van der Waals surface area contributed by atoms with E-state index in [-0.39, 0.29) is 222 Å². The number of aliphatic hydroxyl groups is 3. The summed E-state index contributed by atoms with van der Waals surface area (Å²) in [6, 6.07) is -2.75. The maximum absolute atomic E-state index is 12.5. The number of esters is 8. The fraction of sp³-hybridized carbons (Fsp3) is 0.798. The first-order chi connectivity index (χ1) is 62.1. The molecule has 0 aromatic carbocycles. The van der Waals surface area contributed by atoms with Crippen molar-refractivity contribution in [2.75, 3.05) is 132 Å². The second-order valence-corrected chi connectivity index (χ2v) is 34.4. The fourth-order valence-corrected chi connectivity index (χ4v) is 15.8. The van der Waals surface area contributed by atoms with Crippen molar-refractivity contribution in [1.82, 2.24) is 68.3 Å². The number of fused-ring (bicyclic) bond motifs is 4. The van der Waals surface area contributed by atoms with Crippen LogP contribution in [0.2, 0.25) is 0 Å². The van der Waals surface area contributed by atoms with Crippen molar-refractivity contribution in [3.05, 3.63) is 0 Å². The molecule has 131 heavy (non-hydrogen) atoms. The molecule has 7 rings (SSSR count). The van der Waals surface area contributed by atoms with Gasteiger partial charge in [0, 0.05) is 48.0 Å². The molecule has 42 nitrogen and oxygen atoms in total. The predicted molar refractivity (Wildman–Crippen MR) is 479 cm³/mol. The Bertz CT molecular complexity index is 3470. The van der Waals surface area contributed by atoms with E-state index in [4.69, 9.17) is 14.9 Å². The number of aldehydes is 2. The molecule has 752 valence electrons. The Labute approximate surface area is 772 Å². The third-order valence-electron chi connectivity index (χ3n) is 23.7. The molecule has 14 atom stereocenters. The summed E-state index contributed by atoms with van der Waals surface area (Å²) in [4.78, 5) is 207. The summed E-state index contributed by atoms with van der Waals surface area (Å²) in [6.45, 7) is 11.7. The number of hydrogen-bond acceptors (Lipinski definition) is 34. The molecule has 5 saturated carbocycles. The maximum Gasteiger partial charge on any atom is 0.308 e. The molecule has 10 unspecified atom stereocenters. The molecule has 8 amide bonds. The van der Waals surface area contributed by atoms with Gasteiger partial charge < -0.3 is 121 Å². The van der Waals surface area contributed by atoms with Gasteiger partial charge in [-0.25, -0.2) is 0 Å². The van der Waals surface area contributed by atoms with Crippen LogP contribution in [-0.4, -0.2) is 337 Å². The number of carbonyl (C=O) groups is 18. The van der Waals surface area contributed by atoms with Gasteiger partial charge in [0.25, 0.3) is 0 Å². The Morgan fingerprint density at radius 2 is 0.557 bits per heavy atom. The van der Waals surface area contributed by atoms with E-state index in [9.17, 15) is 91.4 Å². The summed E-state index contributed by atoms with van der Waals surface area (Å²) in [5.41, 5.74) is 0. The summed E-state index contributed by atoms with van der Waals surface area (Å²) in [6.07, 6.45) is 20.4. The van der Waals surface area contributed by atoms with E-state index in [0.717, 1.165) is 109 Å². The SMILES string of the molecule is CNCC(=O)NC(C=O)CC(=O)OC.CNCC(=O)NC(CC(=O)OC)C(C)C.CNCC(=O)NC(CO)CC(=O)OC.COC(=O)CC(C=O)NC(=O)C1CCCC1.COC(=O)CC(CO)NC(=O)C1CCCC1.COC(=O)CC(CO)NC(=O)C1[C@H]2CC[C@H](C2)N1C.COC(=O)CC(NC(=O)C1CCCC1)C(C)C.COC(=O)CC(NC(=O)C1[C@H]2CC[C@H](C2)N1C)C(C)C. The molecular weight excluding hydrogens is 1720 g/mol. The minimum Gasteiger partial charge on any atom is -0.469 e. The number of nitrogens with zero attached hydrogens (tertiary/aromatic N) is 2. The van der Waals surface area contributed by atoms with Crippen LogP contribution in [-0.2, 0) is 124 Å². The zero-order valence-electron chi connectivity index (χ0n) is 80.7. The molecule has 7 aliphatic rings. The first-order valence-electron chi connectivity index (χ1n) is 45.2. The predicted octanol–water partition coefficient (Wildman–Crippen LogP) is -0.189. The minimum absolute atomic E-state index is 0.0000898. The topological polar surface area (TPSA) is 581 Å². The molecule has 2 saturated heterocycles. The summed E-state index contributed by atoms with van der Waals surface area (Å²) in [5.74, 6) is -2.28. The number of aliphatic hydroxyl groups excluding tert-OH is 3. The monoisotopic (exact) mass is 1870 g/mol. The molecule has 4 bridgehead atoms. The Morgan fingerprint density at radius 3 is 0.840 bits per heavy atom. The van der Waals surface area contributed by atoms with Crippen LogP contribution < -0.4 is 58.5 Å². The summed E-state index contributed by atoms with van der Waals surface area (Å²) >= 11 is 0. The van der Waals surface area contributed by atoms with E-state index < -0.39 is 60.1 Å². The Balaban J connectivity index is 0.00000148. The zero-order chi connectivity index (χ0) is 99.4. The molecule has 14 N–H and O–H groups in total. The van der Waals surface area contributed by atoms with E-state index in [1.165, 1.54) is 63.3 Å². The van der Waals surface area contributed by atoms with Crippen molar-refractivity contribution in [2.24, 2.45) is 47.3 Å². The number of carbonyl (C=O) groups excluding carboxylic acids is 18. The van der Waals surface area contributed by atoms with Crippen LogP contribution in [0.4, 0.5) is 0 Å². The van der Waals surface area contributed by atoms with Gasteiger partial charge in [-0.3, -0.25) is 86.5 Å². The van der Waals surface area contributed by atoms with Crippen molar-refractivity contribution in [3.8, 4) is 0 Å². The molecule has 0 aromatic heterocycles. The molecule has 5 aliphatic carbocycles. The second-order valence-electron chi connectivity index (χ2n) is 34.4. The summed E-state index contributed by atoms with van der Waals surface area (Å²) in [7, 11) is 19.4. The summed E-state index contributed by atoms with van der Waals surface area (Å²) < 4.78 is 36.2. The highest BCUT2D eigenvalue weighted by Crippen LogP contribution is 2.43. The number of amides is 8. The maximum atomic E-state index is 12.5. The first-order valence-corrected chi connectivity index (χ1v) is 45.2. The van der Waals surface area contributed by atoms with Crippen molar-refractivity contribution in [2.45, 2.75) is 281 Å². The number of hydrogen-bond donors (Lipinski definition) is 14. The normalized spacial score (nSPS) is 19.9. The summed E-state index contributed by atoms with van der Waals surface area (Å²) in [5, 5.41) is 56.8. The third kappa shape index (κ3) is 49.7. The third-order valence-corrected chi connectivity index (χ3v) is 23.7.